The average Bonchev–Trinajstić information content (AvgIpc) is 3.15. The molecule has 0 spiro atoms. The van der Waals surface area contributed by atoms with Crippen LogP contribution < -0.4 is 4.74 Å². The van der Waals surface area contributed by atoms with E-state index in [1.54, 1.807) is 6.07 Å². The van der Waals surface area contributed by atoms with Crippen LogP contribution in [0.5, 0.6) is 11.5 Å². The average molecular weight is 374 g/mol. The number of cyclic esters (lactones) is 1. The SMILES string of the molecule is CCOc1cc(O)c(CC)cc1CCC1CC(=O)C(C2CCCC2)C(=O)O1. The number of rotatable bonds is 7. The molecule has 1 aliphatic carbocycles. The van der Waals surface area contributed by atoms with Gasteiger partial charge in [0.05, 0.1) is 6.61 Å². The van der Waals surface area contributed by atoms with Crippen molar-refractivity contribution in [3.05, 3.63) is 23.3 Å². The molecule has 2 fully saturated rings. The second kappa shape index (κ2) is 8.77. The van der Waals surface area contributed by atoms with E-state index in [2.05, 4.69) is 0 Å². The first-order chi connectivity index (χ1) is 13.0. The fourth-order valence-electron chi connectivity index (χ4n) is 4.42. The highest BCUT2D eigenvalue weighted by atomic mass is 16.5. The number of aryl methyl sites for hydroxylation is 2. The number of aromatic hydroxyl groups is 1. The summed E-state index contributed by atoms with van der Waals surface area (Å²) in [6.45, 7) is 4.40. The third-order valence-corrected chi connectivity index (χ3v) is 5.86. The summed E-state index contributed by atoms with van der Waals surface area (Å²) in [5.41, 5.74) is 1.85. The first kappa shape index (κ1) is 19.7. The van der Waals surface area contributed by atoms with E-state index < -0.39 is 5.92 Å². The molecule has 1 saturated carbocycles. The monoisotopic (exact) mass is 374 g/mol. The molecule has 2 unspecified atom stereocenters. The van der Waals surface area contributed by atoms with Gasteiger partial charge < -0.3 is 14.6 Å². The summed E-state index contributed by atoms with van der Waals surface area (Å²) in [4.78, 5) is 25.0. The maximum Gasteiger partial charge on any atom is 0.317 e. The molecule has 1 aliphatic heterocycles. The topological polar surface area (TPSA) is 72.8 Å². The van der Waals surface area contributed by atoms with Crippen LogP contribution in [0.4, 0.5) is 0 Å². The van der Waals surface area contributed by atoms with Gasteiger partial charge in [-0.1, -0.05) is 19.8 Å². The summed E-state index contributed by atoms with van der Waals surface area (Å²) in [6, 6.07) is 3.61. The molecule has 0 radical (unpaired) electrons. The zero-order chi connectivity index (χ0) is 19.4. The Morgan fingerprint density at radius 3 is 2.52 bits per heavy atom. The van der Waals surface area contributed by atoms with E-state index in [9.17, 15) is 14.7 Å². The zero-order valence-corrected chi connectivity index (χ0v) is 16.3. The molecule has 0 bridgehead atoms. The molecule has 0 amide bonds. The highest BCUT2D eigenvalue weighted by Crippen LogP contribution is 2.37. The van der Waals surface area contributed by atoms with E-state index in [4.69, 9.17) is 9.47 Å². The minimum absolute atomic E-state index is 0.0492. The minimum Gasteiger partial charge on any atom is -0.508 e. The number of carbonyl (C=O) groups is 2. The highest BCUT2D eigenvalue weighted by Gasteiger charge is 2.42. The van der Waals surface area contributed by atoms with Gasteiger partial charge in [0.25, 0.3) is 0 Å². The molecule has 3 rings (SSSR count). The number of phenols is 1. The van der Waals surface area contributed by atoms with E-state index in [0.717, 1.165) is 43.2 Å². The summed E-state index contributed by atoms with van der Waals surface area (Å²) in [5, 5.41) is 10.1. The largest absolute Gasteiger partial charge is 0.508 e. The van der Waals surface area contributed by atoms with Crippen molar-refractivity contribution in [2.24, 2.45) is 11.8 Å². The number of Topliss-reactive ketones (excluding diaryl/α,β-unsaturated/α-hetero) is 1. The van der Waals surface area contributed by atoms with Gasteiger partial charge in [-0.2, -0.15) is 0 Å². The van der Waals surface area contributed by atoms with Crippen molar-refractivity contribution in [3.8, 4) is 11.5 Å². The van der Waals surface area contributed by atoms with Crippen molar-refractivity contribution < 1.29 is 24.2 Å². The van der Waals surface area contributed by atoms with Crippen molar-refractivity contribution >= 4 is 11.8 Å². The first-order valence-corrected chi connectivity index (χ1v) is 10.2. The van der Waals surface area contributed by atoms with Crippen LogP contribution in [0, 0.1) is 11.8 Å². The molecule has 5 nitrogen and oxygen atoms in total. The Bertz CT molecular complexity index is 672. The summed E-state index contributed by atoms with van der Waals surface area (Å²) in [6.07, 6.45) is 6.03. The Hall–Kier alpha value is -2.04. The lowest BCUT2D eigenvalue weighted by atomic mass is 9.83. The number of benzene rings is 1. The molecule has 2 atom stereocenters. The molecular weight excluding hydrogens is 344 g/mol. The molecule has 1 saturated heterocycles. The predicted molar refractivity (Wildman–Crippen MR) is 102 cm³/mol. The van der Waals surface area contributed by atoms with Crippen molar-refractivity contribution in [2.75, 3.05) is 6.61 Å². The number of hydrogen-bond acceptors (Lipinski definition) is 5. The van der Waals surface area contributed by atoms with Crippen LogP contribution in [-0.2, 0) is 27.2 Å². The Morgan fingerprint density at radius 1 is 1.15 bits per heavy atom. The van der Waals surface area contributed by atoms with E-state index in [1.165, 1.54) is 0 Å². The Balaban J connectivity index is 1.65. The standard InChI is InChI=1S/C22H30O5/c1-3-14-11-16(20(26-4-2)13-18(14)23)9-10-17-12-19(24)21(22(25)27-17)15-7-5-6-8-15/h11,13,15,17,21,23H,3-10,12H2,1-2H3. The molecule has 1 aromatic rings. The molecule has 1 N–H and O–H groups in total. The third kappa shape index (κ3) is 4.45. The van der Waals surface area contributed by atoms with Gasteiger partial charge >= 0.3 is 5.97 Å². The Morgan fingerprint density at radius 2 is 1.89 bits per heavy atom. The molecule has 148 valence electrons. The number of ether oxygens (including phenoxy) is 2. The van der Waals surface area contributed by atoms with Crippen LogP contribution in [0.3, 0.4) is 0 Å². The summed E-state index contributed by atoms with van der Waals surface area (Å²) >= 11 is 0. The molecule has 1 heterocycles. The zero-order valence-electron chi connectivity index (χ0n) is 16.3. The van der Waals surface area contributed by atoms with Gasteiger partial charge in [-0.25, -0.2) is 0 Å². The van der Waals surface area contributed by atoms with Gasteiger partial charge in [-0.05, 0) is 62.1 Å². The number of phenolic OH excluding ortho intramolecular Hbond substituents is 1. The van der Waals surface area contributed by atoms with Crippen molar-refractivity contribution in [2.45, 2.75) is 71.3 Å². The summed E-state index contributed by atoms with van der Waals surface area (Å²) in [7, 11) is 0. The lowest BCUT2D eigenvalue weighted by Crippen LogP contribution is -2.41. The fourth-order valence-corrected chi connectivity index (χ4v) is 4.42. The molecule has 0 aromatic heterocycles. The second-order valence-electron chi connectivity index (χ2n) is 7.67. The predicted octanol–water partition coefficient (Wildman–Crippen LogP) is 3.98. The van der Waals surface area contributed by atoms with E-state index in [0.29, 0.717) is 31.6 Å². The van der Waals surface area contributed by atoms with Crippen LogP contribution >= 0.6 is 0 Å². The highest BCUT2D eigenvalue weighted by molar-refractivity contribution is 6.01. The number of carbonyl (C=O) groups excluding carboxylic acids is 2. The molecule has 5 heteroatoms. The fraction of sp³-hybridized carbons (Fsp3) is 0.636. The number of hydrogen-bond donors (Lipinski definition) is 1. The summed E-state index contributed by atoms with van der Waals surface area (Å²) < 4.78 is 11.3. The van der Waals surface area contributed by atoms with Crippen LogP contribution in [0.2, 0.25) is 0 Å². The van der Waals surface area contributed by atoms with E-state index >= 15 is 0 Å². The Labute approximate surface area is 161 Å². The third-order valence-electron chi connectivity index (χ3n) is 5.86. The summed E-state index contributed by atoms with van der Waals surface area (Å²) in [5.74, 6) is 0.261. The van der Waals surface area contributed by atoms with Gasteiger partial charge in [-0.15, -0.1) is 0 Å². The normalized spacial score (nSPS) is 23.5. The molecular formula is C22H30O5. The lowest BCUT2D eigenvalue weighted by Gasteiger charge is -2.30. The quantitative estimate of drug-likeness (QED) is 0.577. The first-order valence-electron chi connectivity index (χ1n) is 10.2. The van der Waals surface area contributed by atoms with Crippen LogP contribution in [0.1, 0.15) is 63.5 Å². The minimum atomic E-state index is -0.539. The van der Waals surface area contributed by atoms with Crippen molar-refractivity contribution in [1.29, 1.82) is 0 Å². The van der Waals surface area contributed by atoms with Crippen molar-refractivity contribution in [1.82, 2.24) is 0 Å². The number of ketones is 1. The van der Waals surface area contributed by atoms with Crippen LogP contribution in [0.25, 0.3) is 0 Å². The Kier molecular flexibility index (Phi) is 6.40. The number of esters is 1. The molecule has 2 aliphatic rings. The van der Waals surface area contributed by atoms with Gasteiger partial charge in [0.2, 0.25) is 0 Å². The lowest BCUT2D eigenvalue weighted by molar-refractivity contribution is -0.167. The van der Waals surface area contributed by atoms with Gasteiger partial charge in [-0.3, -0.25) is 9.59 Å². The van der Waals surface area contributed by atoms with Gasteiger partial charge in [0, 0.05) is 12.5 Å². The van der Waals surface area contributed by atoms with E-state index in [1.807, 2.05) is 19.9 Å². The second-order valence-corrected chi connectivity index (χ2v) is 7.67. The van der Waals surface area contributed by atoms with E-state index in [-0.39, 0.29) is 29.5 Å². The maximum absolute atomic E-state index is 12.6. The molecule has 27 heavy (non-hydrogen) atoms. The smallest absolute Gasteiger partial charge is 0.317 e. The van der Waals surface area contributed by atoms with Crippen molar-refractivity contribution in [3.63, 3.8) is 0 Å². The molecule has 1 aromatic carbocycles. The van der Waals surface area contributed by atoms with Crippen LogP contribution in [0.15, 0.2) is 12.1 Å². The van der Waals surface area contributed by atoms with Gasteiger partial charge in [0.1, 0.15) is 23.5 Å². The van der Waals surface area contributed by atoms with Gasteiger partial charge in [0.15, 0.2) is 5.78 Å². The van der Waals surface area contributed by atoms with Crippen LogP contribution in [-0.4, -0.2) is 29.6 Å². The maximum atomic E-state index is 12.6.